The number of rotatable bonds is 3. The lowest BCUT2D eigenvalue weighted by Crippen LogP contribution is -2.06. The zero-order valence-electron chi connectivity index (χ0n) is 9.89. The molecule has 2 aromatic carbocycles. The summed E-state index contributed by atoms with van der Waals surface area (Å²) in [4.78, 5) is 0. The van der Waals surface area contributed by atoms with Crippen LogP contribution >= 0.6 is 15.9 Å². The molecule has 0 heterocycles. The molecule has 2 rings (SSSR count). The molecule has 1 atom stereocenters. The highest BCUT2D eigenvalue weighted by molar-refractivity contribution is 9.10. The number of halogens is 1. The van der Waals surface area contributed by atoms with Crippen molar-refractivity contribution in [2.24, 2.45) is 0 Å². The fourth-order valence-corrected chi connectivity index (χ4v) is 2.03. The van der Waals surface area contributed by atoms with Crippen LogP contribution < -0.4 is 5.32 Å². The maximum atomic E-state index is 9.77. The summed E-state index contributed by atoms with van der Waals surface area (Å²) >= 11 is 3.38. The monoisotopic (exact) mass is 307 g/mol. The molecule has 0 aliphatic carbocycles. The molecule has 2 aromatic rings. The minimum Gasteiger partial charge on any atom is -0.508 e. The average Bonchev–Trinajstić information content (AvgIpc) is 2.35. The largest absolute Gasteiger partial charge is 0.508 e. The van der Waals surface area contributed by atoms with E-state index in [0.717, 1.165) is 10.2 Å². The molecular formula is C14H14BrNO2. The minimum absolute atomic E-state index is 0.0988. The summed E-state index contributed by atoms with van der Waals surface area (Å²) in [5.41, 5.74) is 1.62. The van der Waals surface area contributed by atoms with E-state index in [2.05, 4.69) is 21.2 Å². The van der Waals surface area contributed by atoms with Crippen LogP contribution in [0.5, 0.6) is 11.5 Å². The van der Waals surface area contributed by atoms with Crippen LogP contribution in [0.25, 0.3) is 0 Å². The number of hydrogen-bond donors (Lipinski definition) is 3. The summed E-state index contributed by atoms with van der Waals surface area (Å²) in [6, 6.07) is 12.2. The van der Waals surface area contributed by atoms with E-state index < -0.39 is 0 Å². The third kappa shape index (κ3) is 2.96. The second-order valence-electron chi connectivity index (χ2n) is 4.12. The van der Waals surface area contributed by atoms with Crippen LogP contribution in [0.3, 0.4) is 0 Å². The maximum absolute atomic E-state index is 9.77. The predicted molar refractivity (Wildman–Crippen MR) is 76.0 cm³/mol. The zero-order valence-corrected chi connectivity index (χ0v) is 11.5. The van der Waals surface area contributed by atoms with Crippen molar-refractivity contribution in [1.82, 2.24) is 0 Å². The Hall–Kier alpha value is -1.68. The second kappa shape index (κ2) is 5.31. The molecule has 0 aromatic heterocycles. The van der Waals surface area contributed by atoms with Crippen LogP contribution in [0.1, 0.15) is 18.5 Å². The van der Waals surface area contributed by atoms with E-state index in [-0.39, 0.29) is 17.5 Å². The number of benzene rings is 2. The number of hydrogen-bond acceptors (Lipinski definition) is 3. The SMILES string of the molecule is CC(Nc1ccc(Br)cc1)c1cc(O)ccc1O. The van der Waals surface area contributed by atoms with Crippen molar-refractivity contribution >= 4 is 21.6 Å². The molecule has 3 nitrogen and oxygen atoms in total. The summed E-state index contributed by atoms with van der Waals surface area (Å²) in [7, 11) is 0. The molecule has 0 aliphatic heterocycles. The number of aromatic hydroxyl groups is 2. The van der Waals surface area contributed by atoms with Crippen LogP contribution in [0, 0.1) is 0 Å². The van der Waals surface area contributed by atoms with E-state index >= 15 is 0 Å². The van der Waals surface area contributed by atoms with Crippen LogP contribution in [-0.4, -0.2) is 10.2 Å². The molecule has 0 bridgehead atoms. The van der Waals surface area contributed by atoms with Crippen LogP contribution in [0.2, 0.25) is 0 Å². The first-order chi connectivity index (χ1) is 8.56. The van der Waals surface area contributed by atoms with Gasteiger partial charge in [0.15, 0.2) is 0 Å². The van der Waals surface area contributed by atoms with Gasteiger partial charge in [-0.1, -0.05) is 15.9 Å². The van der Waals surface area contributed by atoms with Gasteiger partial charge in [0.1, 0.15) is 11.5 Å². The van der Waals surface area contributed by atoms with Gasteiger partial charge in [0.25, 0.3) is 0 Å². The van der Waals surface area contributed by atoms with E-state index in [0.29, 0.717) is 5.56 Å². The van der Waals surface area contributed by atoms with Gasteiger partial charge in [-0.05, 0) is 49.4 Å². The van der Waals surface area contributed by atoms with Gasteiger partial charge >= 0.3 is 0 Å². The van der Waals surface area contributed by atoms with Gasteiger partial charge in [0.05, 0.1) is 6.04 Å². The Kier molecular flexibility index (Phi) is 3.77. The fraction of sp³-hybridized carbons (Fsp3) is 0.143. The molecule has 0 aliphatic rings. The Morgan fingerprint density at radius 2 is 1.72 bits per heavy atom. The van der Waals surface area contributed by atoms with Gasteiger partial charge in [-0.2, -0.15) is 0 Å². The quantitative estimate of drug-likeness (QED) is 0.750. The van der Waals surface area contributed by atoms with Crippen LogP contribution in [0.15, 0.2) is 46.9 Å². The Morgan fingerprint density at radius 1 is 1.06 bits per heavy atom. The molecule has 18 heavy (non-hydrogen) atoms. The number of nitrogens with one attached hydrogen (secondary N) is 1. The number of anilines is 1. The molecule has 4 heteroatoms. The van der Waals surface area contributed by atoms with E-state index in [1.54, 1.807) is 6.07 Å². The molecule has 3 N–H and O–H groups in total. The van der Waals surface area contributed by atoms with Gasteiger partial charge in [-0.3, -0.25) is 0 Å². The lowest BCUT2D eigenvalue weighted by molar-refractivity contribution is 0.451. The van der Waals surface area contributed by atoms with Crippen molar-refractivity contribution in [1.29, 1.82) is 0 Å². The predicted octanol–water partition coefficient (Wildman–Crippen LogP) is 4.03. The Morgan fingerprint density at radius 3 is 2.39 bits per heavy atom. The normalized spacial score (nSPS) is 12.1. The first kappa shape index (κ1) is 12.8. The lowest BCUT2D eigenvalue weighted by atomic mass is 10.1. The first-order valence-electron chi connectivity index (χ1n) is 5.60. The Bertz CT molecular complexity index is 540. The summed E-state index contributed by atoms with van der Waals surface area (Å²) in [6.45, 7) is 1.93. The van der Waals surface area contributed by atoms with Gasteiger partial charge in [-0.25, -0.2) is 0 Å². The molecule has 1 unspecified atom stereocenters. The summed E-state index contributed by atoms with van der Waals surface area (Å²) < 4.78 is 1.01. The highest BCUT2D eigenvalue weighted by Crippen LogP contribution is 2.30. The standard InChI is InChI=1S/C14H14BrNO2/c1-9(13-8-12(17)6-7-14(13)18)16-11-4-2-10(15)3-5-11/h2-9,16-18H,1H3. The fourth-order valence-electron chi connectivity index (χ4n) is 1.76. The Balaban J connectivity index is 2.18. The first-order valence-corrected chi connectivity index (χ1v) is 6.39. The average molecular weight is 308 g/mol. The van der Waals surface area contributed by atoms with E-state index in [9.17, 15) is 10.2 Å². The van der Waals surface area contributed by atoms with Crippen molar-refractivity contribution in [2.75, 3.05) is 5.32 Å². The van der Waals surface area contributed by atoms with Crippen molar-refractivity contribution in [3.8, 4) is 11.5 Å². The van der Waals surface area contributed by atoms with Crippen molar-refractivity contribution in [3.05, 3.63) is 52.5 Å². The molecule has 94 valence electrons. The van der Waals surface area contributed by atoms with Crippen LogP contribution in [-0.2, 0) is 0 Å². The van der Waals surface area contributed by atoms with E-state index in [4.69, 9.17) is 0 Å². The third-order valence-electron chi connectivity index (χ3n) is 2.71. The highest BCUT2D eigenvalue weighted by atomic mass is 79.9. The minimum atomic E-state index is -0.0988. The molecule has 0 fully saturated rings. The van der Waals surface area contributed by atoms with Crippen molar-refractivity contribution in [3.63, 3.8) is 0 Å². The van der Waals surface area contributed by atoms with Gasteiger partial charge in [-0.15, -0.1) is 0 Å². The molecule has 0 spiro atoms. The lowest BCUT2D eigenvalue weighted by Gasteiger charge is -2.17. The molecule has 0 radical (unpaired) electrons. The highest BCUT2D eigenvalue weighted by Gasteiger charge is 2.11. The summed E-state index contributed by atoms with van der Waals surface area (Å²) in [5.74, 6) is 0.317. The third-order valence-corrected chi connectivity index (χ3v) is 3.23. The molecule has 0 saturated heterocycles. The second-order valence-corrected chi connectivity index (χ2v) is 5.03. The van der Waals surface area contributed by atoms with Gasteiger partial charge in [0.2, 0.25) is 0 Å². The van der Waals surface area contributed by atoms with E-state index in [1.807, 2.05) is 31.2 Å². The number of phenols is 2. The van der Waals surface area contributed by atoms with Gasteiger partial charge < -0.3 is 15.5 Å². The maximum Gasteiger partial charge on any atom is 0.121 e. The van der Waals surface area contributed by atoms with Gasteiger partial charge in [0, 0.05) is 15.7 Å². The molecule has 0 amide bonds. The topological polar surface area (TPSA) is 52.5 Å². The summed E-state index contributed by atoms with van der Waals surface area (Å²) in [6.07, 6.45) is 0. The zero-order chi connectivity index (χ0) is 13.1. The van der Waals surface area contributed by atoms with Crippen molar-refractivity contribution in [2.45, 2.75) is 13.0 Å². The molecule has 0 saturated carbocycles. The van der Waals surface area contributed by atoms with Crippen LogP contribution in [0.4, 0.5) is 5.69 Å². The summed E-state index contributed by atoms with van der Waals surface area (Å²) in [5, 5.41) is 22.5. The Labute approximate surface area is 114 Å². The number of phenolic OH excluding ortho intramolecular Hbond substituents is 2. The molecular weight excluding hydrogens is 294 g/mol. The van der Waals surface area contributed by atoms with Crippen molar-refractivity contribution < 1.29 is 10.2 Å². The smallest absolute Gasteiger partial charge is 0.121 e. The van der Waals surface area contributed by atoms with E-state index in [1.165, 1.54) is 12.1 Å².